The lowest BCUT2D eigenvalue weighted by atomic mass is 10.2. The molecule has 0 unspecified atom stereocenters. The van der Waals surface area contributed by atoms with Crippen LogP contribution in [-0.4, -0.2) is 33.7 Å². The maximum atomic E-state index is 11.7. The number of unbranched alkanes of at least 4 members (excludes halogenated alkanes) is 1. The average Bonchev–Trinajstić information content (AvgIpc) is 3.06. The molecule has 0 aliphatic heterocycles. The second-order valence-corrected chi connectivity index (χ2v) is 4.59. The van der Waals surface area contributed by atoms with Crippen molar-refractivity contribution >= 4 is 11.9 Å². The van der Waals surface area contributed by atoms with Gasteiger partial charge in [-0.05, 0) is 31.7 Å². The van der Waals surface area contributed by atoms with Gasteiger partial charge in [0.05, 0.1) is 0 Å². The van der Waals surface area contributed by atoms with Gasteiger partial charge in [-0.25, -0.2) is 0 Å². The number of rotatable bonds is 7. The molecule has 0 saturated heterocycles. The molecule has 3 N–H and O–H groups in total. The molecule has 1 heterocycles. The molecule has 0 spiro atoms. The summed E-state index contributed by atoms with van der Waals surface area (Å²) in [6, 6.07) is 1.80. The van der Waals surface area contributed by atoms with Gasteiger partial charge in [0.25, 0.3) is 5.91 Å². The molecule has 1 aliphatic carbocycles. The molecule has 1 saturated carbocycles. The lowest BCUT2D eigenvalue weighted by Crippen LogP contribution is -2.24. The highest BCUT2D eigenvalue weighted by molar-refractivity contribution is 5.92. The highest BCUT2D eigenvalue weighted by Gasteiger charge is 2.26. The average molecular weight is 251 g/mol. The highest BCUT2D eigenvalue weighted by Crippen LogP contribution is 2.38. The van der Waals surface area contributed by atoms with Crippen molar-refractivity contribution in [2.75, 3.05) is 6.54 Å². The van der Waals surface area contributed by atoms with Crippen LogP contribution in [0.15, 0.2) is 6.07 Å². The SMILES string of the molecule is O=C(O)CCCCNC(=O)c1cc(C2CC2)[nH]n1. The van der Waals surface area contributed by atoms with E-state index in [1.54, 1.807) is 6.07 Å². The molecule has 0 aromatic carbocycles. The van der Waals surface area contributed by atoms with Crippen LogP contribution in [-0.2, 0) is 4.79 Å². The largest absolute Gasteiger partial charge is 0.481 e. The predicted octanol–water partition coefficient (Wildman–Crippen LogP) is 1.27. The van der Waals surface area contributed by atoms with E-state index in [1.165, 1.54) is 12.8 Å². The summed E-state index contributed by atoms with van der Waals surface area (Å²) in [5.74, 6) is -0.453. The number of amides is 1. The Morgan fingerprint density at radius 1 is 1.44 bits per heavy atom. The Bertz CT molecular complexity index is 438. The van der Waals surface area contributed by atoms with Crippen molar-refractivity contribution < 1.29 is 14.7 Å². The fraction of sp³-hybridized carbons (Fsp3) is 0.583. The summed E-state index contributed by atoms with van der Waals surface area (Å²) in [6.45, 7) is 0.484. The zero-order valence-corrected chi connectivity index (χ0v) is 10.1. The first-order valence-electron chi connectivity index (χ1n) is 6.22. The number of aliphatic carboxylic acids is 1. The van der Waals surface area contributed by atoms with E-state index in [0.29, 0.717) is 31.0 Å². The van der Waals surface area contributed by atoms with Gasteiger partial charge in [0, 0.05) is 24.6 Å². The van der Waals surface area contributed by atoms with Crippen molar-refractivity contribution in [3.63, 3.8) is 0 Å². The number of carboxylic acids is 1. The molecule has 0 bridgehead atoms. The minimum Gasteiger partial charge on any atom is -0.481 e. The van der Waals surface area contributed by atoms with E-state index in [2.05, 4.69) is 15.5 Å². The Balaban J connectivity index is 1.68. The summed E-state index contributed by atoms with van der Waals surface area (Å²) >= 11 is 0. The Hall–Kier alpha value is -1.85. The van der Waals surface area contributed by atoms with E-state index in [-0.39, 0.29) is 12.3 Å². The molecule has 1 amide bonds. The zero-order chi connectivity index (χ0) is 13.0. The quantitative estimate of drug-likeness (QED) is 0.636. The van der Waals surface area contributed by atoms with Gasteiger partial charge >= 0.3 is 5.97 Å². The summed E-state index contributed by atoms with van der Waals surface area (Å²) in [5, 5.41) is 18.0. The van der Waals surface area contributed by atoms with Crippen molar-refractivity contribution in [2.45, 2.75) is 38.0 Å². The van der Waals surface area contributed by atoms with Crippen molar-refractivity contribution in [1.29, 1.82) is 0 Å². The van der Waals surface area contributed by atoms with Gasteiger partial charge in [-0.15, -0.1) is 0 Å². The van der Waals surface area contributed by atoms with Gasteiger partial charge in [0.15, 0.2) is 0 Å². The second kappa shape index (κ2) is 5.66. The van der Waals surface area contributed by atoms with Crippen LogP contribution >= 0.6 is 0 Å². The Morgan fingerprint density at radius 3 is 2.89 bits per heavy atom. The van der Waals surface area contributed by atoms with E-state index < -0.39 is 5.97 Å². The maximum absolute atomic E-state index is 11.7. The number of aromatic amines is 1. The molecule has 2 rings (SSSR count). The van der Waals surface area contributed by atoms with E-state index in [9.17, 15) is 9.59 Å². The van der Waals surface area contributed by atoms with Crippen LogP contribution in [0.2, 0.25) is 0 Å². The topological polar surface area (TPSA) is 95.1 Å². The lowest BCUT2D eigenvalue weighted by Gasteiger charge is -2.01. The van der Waals surface area contributed by atoms with E-state index in [1.807, 2.05) is 0 Å². The van der Waals surface area contributed by atoms with Crippen LogP contribution < -0.4 is 5.32 Å². The number of hydrogen-bond donors (Lipinski definition) is 3. The first-order chi connectivity index (χ1) is 8.66. The van der Waals surface area contributed by atoms with Gasteiger partial charge in [-0.2, -0.15) is 5.10 Å². The molecule has 98 valence electrons. The molecule has 0 atom stereocenters. The molecule has 6 heteroatoms. The third kappa shape index (κ3) is 3.58. The highest BCUT2D eigenvalue weighted by atomic mass is 16.4. The standard InChI is InChI=1S/C12H17N3O3/c16-11(17)3-1-2-6-13-12(18)10-7-9(14-15-10)8-4-5-8/h7-8H,1-6H2,(H,13,18)(H,14,15)(H,16,17). The fourth-order valence-corrected chi connectivity index (χ4v) is 1.75. The number of carboxylic acid groups (broad SMARTS) is 1. The lowest BCUT2D eigenvalue weighted by molar-refractivity contribution is -0.137. The number of carbonyl (C=O) groups is 2. The van der Waals surface area contributed by atoms with Crippen molar-refractivity contribution in [1.82, 2.24) is 15.5 Å². The molecular formula is C12H17N3O3. The van der Waals surface area contributed by atoms with E-state index in [0.717, 1.165) is 5.69 Å². The van der Waals surface area contributed by atoms with Crippen LogP contribution in [0.4, 0.5) is 0 Å². The van der Waals surface area contributed by atoms with E-state index >= 15 is 0 Å². The van der Waals surface area contributed by atoms with Crippen molar-refractivity contribution in [2.24, 2.45) is 0 Å². The number of carbonyl (C=O) groups excluding carboxylic acids is 1. The number of nitrogens with one attached hydrogen (secondary N) is 2. The monoisotopic (exact) mass is 251 g/mol. The normalized spacial score (nSPS) is 14.4. The summed E-state index contributed by atoms with van der Waals surface area (Å²) in [6.07, 6.45) is 3.71. The van der Waals surface area contributed by atoms with Gasteiger partial charge < -0.3 is 10.4 Å². The Labute approximate surface area is 105 Å². The van der Waals surface area contributed by atoms with Gasteiger partial charge in [0.2, 0.25) is 0 Å². The molecular weight excluding hydrogens is 234 g/mol. The van der Waals surface area contributed by atoms with Gasteiger partial charge in [-0.1, -0.05) is 0 Å². The Morgan fingerprint density at radius 2 is 2.22 bits per heavy atom. The summed E-state index contributed by atoms with van der Waals surface area (Å²) in [7, 11) is 0. The molecule has 1 aliphatic rings. The number of nitrogens with zero attached hydrogens (tertiary/aromatic N) is 1. The van der Waals surface area contributed by atoms with Crippen LogP contribution in [0.1, 0.15) is 54.2 Å². The molecule has 1 fully saturated rings. The number of aromatic nitrogens is 2. The summed E-state index contributed by atoms with van der Waals surface area (Å²) in [5.41, 5.74) is 1.45. The van der Waals surface area contributed by atoms with Crippen LogP contribution in [0.25, 0.3) is 0 Å². The third-order valence-corrected chi connectivity index (χ3v) is 2.95. The second-order valence-electron chi connectivity index (χ2n) is 4.59. The number of hydrogen-bond acceptors (Lipinski definition) is 3. The minimum absolute atomic E-state index is 0.143. The molecule has 6 nitrogen and oxygen atoms in total. The first-order valence-corrected chi connectivity index (χ1v) is 6.22. The van der Waals surface area contributed by atoms with Gasteiger partial charge in [0.1, 0.15) is 5.69 Å². The van der Waals surface area contributed by atoms with Crippen molar-refractivity contribution in [3.8, 4) is 0 Å². The first kappa shape index (κ1) is 12.6. The minimum atomic E-state index is -0.803. The molecule has 1 aromatic rings. The Kier molecular flexibility index (Phi) is 3.96. The summed E-state index contributed by atoms with van der Waals surface area (Å²) < 4.78 is 0. The van der Waals surface area contributed by atoms with Gasteiger partial charge in [-0.3, -0.25) is 14.7 Å². The van der Waals surface area contributed by atoms with Crippen LogP contribution in [0, 0.1) is 0 Å². The third-order valence-electron chi connectivity index (χ3n) is 2.95. The molecule has 1 aromatic heterocycles. The predicted molar refractivity (Wildman–Crippen MR) is 64.4 cm³/mol. The zero-order valence-electron chi connectivity index (χ0n) is 10.1. The van der Waals surface area contributed by atoms with E-state index in [4.69, 9.17) is 5.11 Å². The van der Waals surface area contributed by atoms with Crippen LogP contribution in [0.5, 0.6) is 0 Å². The van der Waals surface area contributed by atoms with Crippen molar-refractivity contribution in [3.05, 3.63) is 17.5 Å². The summed E-state index contributed by atoms with van der Waals surface area (Å²) in [4.78, 5) is 22.0. The smallest absolute Gasteiger partial charge is 0.303 e. The fourth-order valence-electron chi connectivity index (χ4n) is 1.75. The molecule has 18 heavy (non-hydrogen) atoms. The van der Waals surface area contributed by atoms with Crippen LogP contribution in [0.3, 0.4) is 0 Å². The number of H-pyrrole nitrogens is 1. The maximum Gasteiger partial charge on any atom is 0.303 e. The molecule has 0 radical (unpaired) electrons.